The third-order valence-corrected chi connectivity index (χ3v) is 11.1. The number of nitrogens with one attached hydrogen (secondary N) is 1. The number of ether oxygens (including phenoxy) is 2. The molecular weight excluding hydrogens is 697 g/mol. The van der Waals surface area contributed by atoms with E-state index in [1.165, 1.54) is 16.9 Å². The summed E-state index contributed by atoms with van der Waals surface area (Å²) in [7, 11) is 1.54. The third-order valence-electron chi connectivity index (χ3n) is 11.1. The lowest BCUT2D eigenvalue weighted by Crippen LogP contribution is -2.56. The Bertz CT molecular complexity index is 1710. The highest BCUT2D eigenvalue weighted by atomic mass is 16.6. The van der Waals surface area contributed by atoms with Gasteiger partial charge in [-0.3, -0.25) is 33.8 Å². The molecule has 2 aliphatic carbocycles. The van der Waals surface area contributed by atoms with Gasteiger partial charge in [-0.25, -0.2) is 0 Å². The van der Waals surface area contributed by atoms with Crippen LogP contribution in [0.25, 0.3) is 6.08 Å². The van der Waals surface area contributed by atoms with Crippen LogP contribution >= 0.6 is 0 Å². The average molecular weight is 756 g/mol. The number of carbonyl (C=O) groups excluding carboxylic acids is 5. The average Bonchev–Trinajstić information content (AvgIpc) is 3.78. The molecule has 0 unspecified atom stereocenters. The second-order valence-corrected chi connectivity index (χ2v) is 15.6. The van der Waals surface area contributed by atoms with Crippen molar-refractivity contribution in [2.75, 3.05) is 53.0 Å². The Kier molecular flexibility index (Phi) is 14.4. The third kappa shape index (κ3) is 9.00. The van der Waals surface area contributed by atoms with Gasteiger partial charge in [0.1, 0.15) is 6.61 Å². The molecule has 11 heteroatoms. The van der Waals surface area contributed by atoms with Crippen LogP contribution in [0.5, 0.6) is 0 Å². The van der Waals surface area contributed by atoms with E-state index in [-0.39, 0.29) is 85.3 Å². The van der Waals surface area contributed by atoms with E-state index in [9.17, 15) is 24.0 Å². The van der Waals surface area contributed by atoms with Crippen LogP contribution in [0.4, 0.5) is 0 Å². The number of imide groups is 2. The Morgan fingerprint density at radius 1 is 0.764 bits per heavy atom. The number of hydrogen-bond donors (Lipinski definition) is 2. The molecule has 0 aromatic heterocycles. The summed E-state index contributed by atoms with van der Waals surface area (Å²) in [5.74, 6) is -4.58. The minimum atomic E-state index is -0.625. The van der Waals surface area contributed by atoms with Crippen LogP contribution in [0.2, 0.25) is 0 Å². The summed E-state index contributed by atoms with van der Waals surface area (Å²) in [6, 6.07) is 9.93. The Hall–Kier alpha value is -4.45. The van der Waals surface area contributed by atoms with Gasteiger partial charge in [0, 0.05) is 50.4 Å². The van der Waals surface area contributed by atoms with Crippen LogP contribution in [0.15, 0.2) is 84.5 Å². The summed E-state index contributed by atoms with van der Waals surface area (Å²) in [4.78, 5) is 71.2. The number of likely N-dealkylation sites (tertiary alicyclic amines) is 2. The zero-order valence-electron chi connectivity index (χ0n) is 33.0. The van der Waals surface area contributed by atoms with Gasteiger partial charge >= 0.3 is 5.97 Å². The maximum Gasteiger partial charge on any atom is 0.307 e. The van der Waals surface area contributed by atoms with Gasteiger partial charge in [0.05, 0.1) is 49.8 Å². The smallest absolute Gasteiger partial charge is 0.307 e. The molecule has 296 valence electrons. The van der Waals surface area contributed by atoms with Gasteiger partial charge in [-0.1, -0.05) is 112 Å². The molecule has 0 radical (unpaired) electrons. The summed E-state index contributed by atoms with van der Waals surface area (Å²) in [5.41, 5.74) is 6.94. The first-order valence-electron chi connectivity index (χ1n) is 19.8. The van der Waals surface area contributed by atoms with Crippen LogP contribution in [-0.4, -0.2) is 92.4 Å². The number of nitrogens with zero attached hydrogens (tertiary/aromatic N) is 2. The molecular formula is C44H59N4O7+. The lowest BCUT2D eigenvalue weighted by molar-refractivity contribution is -0.367. The monoisotopic (exact) mass is 755 g/mol. The fourth-order valence-corrected chi connectivity index (χ4v) is 8.96. The largest absolute Gasteiger partial charge is 0.463 e. The minimum absolute atomic E-state index is 0.156. The van der Waals surface area contributed by atoms with Crippen molar-refractivity contribution in [1.29, 1.82) is 0 Å². The van der Waals surface area contributed by atoms with Gasteiger partial charge in [-0.05, 0) is 17.4 Å². The van der Waals surface area contributed by atoms with E-state index < -0.39 is 29.6 Å². The predicted molar refractivity (Wildman–Crippen MR) is 210 cm³/mol. The first-order chi connectivity index (χ1) is 26.4. The summed E-state index contributed by atoms with van der Waals surface area (Å²) in [6.07, 6.45) is 14.5. The molecule has 4 aliphatic rings. The Labute approximate surface area is 325 Å². The number of rotatable bonds is 18. The fourth-order valence-electron chi connectivity index (χ4n) is 8.96. The van der Waals surface area contributed by atoms with Gasteiger partial charge < -0.3 is 20.5 Å². The SMILES string of the molecule is C=C[C@H]1/C(=C\C(C)C)[C@@H](/C=C\[C@H]2/C(=C\C(C)C)[C@@H](/C=C\c3ccccc3)[C@@H]3C(=O)N(CC[NH3+])C(=O)[C@@H]32)[C@@H]2C(=O)N(CCNCCC(=O)OCCOC)C(=O)[C@@H]21. The lowest BCUT2D eigenvalue weighted by atomic mass is 9.84. The van der Waals surface area contributed by atoms with E-state index in [0.717, 1.165) is 16.7 Å². The van der Waals surface area contributed by atoms with E-state index in [0.29, 0.717) is 26.2 Å². The first-order valence-corrected chi connectivity index (χ1v) is 19.8. The highest BCUT2D eigenvalue weighted by molar-refractivity contribution is 6.07. The lowest BCUT2D eigenvalue weighted by Gasteiger charge is -2.23. The zero-order chi connectivity index (χ0) is 39.8. The highest BCUT2D eigenvalue weighted by Gasteiger charge is 2.61. The van der Waals surface area contributed by atoms with Crippen molar-refractivity contribution in [3.05, 3.63) is 90.1 Å². The zero-order valence-corrected chi connectivity index (χ0v) is 33.0. The number of carbonyl (C=O) groups is 5. The van der Waals surface area contributed by atoms with Crippen LogP contribution in [-0.2, 0) is 33.4 Å². The second-order valence-electron chi connectivity index (χ2n) is 15.6. The van der Waals surface area contributed by atoms with E-state index in [4.69, 9.17) is 9.47 Å². The molecule has 5 rings (SSSR count). The summed E-state index contributed by atoms with van der Waals surface area (Å²) >= 11 is 0. The molecule has 55 heavy (non-hydrogen) atoms. The molecule has 4 amide bonds. The molecule has 2 saturated heterocycles. The molecule has 4 fully saturated rings. The van der Waals surface area contributed by atoms with E-state index in [1.54, 1.807) is 6.08 Å². The number of quaternary nitrogens is 1. The van der Waals surface area contributed by atoms with Crippen molar-refractivity contribution in [1.82, 2.24) is 15.1 Å². The van der Waals surface area contributed by atoms with Crippen molar-refractivity contribution in [2.24, 2.45) is 59.2 Å². The summed E-state index contributed by atoms with van der Waals surface area (Å²) in [6.45, 7) is 14.5. The maximum atomic E-state index is 14.3. The molecule has 1 aromatic carbocycles. The number of allylic oxidation sites excluding steroid dienone is 8. The van der Waals surface area contributed by atoms with Crippen LogP contribution < -0.4 is 11.1 Å². The highest BCUT2D eigenvalue weighted by Crippen LogP contribution is 2.55. The maximum absolute atomic E-state index is 14.3. The molecule has 2 heterocycles. The van der Waals surface area contributed by atoms with Crippen molar-refractivity contribution in [3.8, 4) is 0 Å². The summed E-state index contributed by atoms with van der Waals surface area (Å²) in [5, 5.41) is 3.16. The number of esters is 1. The van der Waals surface area contributed by atoms with Gasteiger partial charge in [0.15, 0.2) is 0 Å². The van der Waals surface area contributed by atoms with Gasteiger partial charge in [0.25, 0.3) is 0 Å². The first kappa shape index (κ1) is 41.7. The van der Waals surface area contributed by atoms with Gasteiger partial charge in [-0.15, -0.1) is 6.58 Å². The Balaban J connectivity index is 1.45. The molecule has 0 spiro atoms. The predicted octanol–water partition coefficient (Wildman–Crippen LogP) is 3.71. The molecule has 2 saturated carbocycles. The number of benzene rings is 1. The van der Waals surface area contributed by atoms with E-state index in [2.05, 4.69) is 69.6 Å². The van der Waals surface area contributed by atoms with Crippen LogP contribution in [0, 0.1) is 59.2 Å². The van der Waals surface area contributed by atoms with Crippen molar-refractivity contribution in [3.63, 3.8) is 0 Å². The normalized spacial score (nSPS) is 29.4. The standard InChI is InChI=1S/C44H58N4O7/c1-7-30-34(25-27(2)3)32(38-37(30)41(50)48(44(38)53)22-20-46-19-17-36(49)55-24-23-54-6)15-16-33-35(26-28(4)5)31(14-13-29-11-9-8-10-12-29)39-40(33)43(52)47(21-18-45)42(39)51/h7-16,25-28,30-33,37-40,46H,1,17-24,45H2,2-6H3/p+1/b14-13-,16-15-,34-25+,35-26-/t30-,31+,32+,33-,37+,38-,39-,40+/m0/s1. The van der Waals surface area contributed by atoms with E-state index >= 15 is 0 Å². The summed E-state index contributed by atoms with van der Waals surface area (Å²) < 4.78 is 10.0. The van der Waals surface area contributed by atoms with Crippen LogP contribution in [0.1, 0.15) is 39.7 Å². The Morgan fingerprint density at radius 3 is 1.78 bits per heavy atom. The topological polar surface area (TPSA) is 150 Å². The number of fused-ring (bicyclic) bond motifs is 2. The van der Waals surface area contributed by atoms with Crippen molar-refractivity contribution in [2.45, 2.75) is 34.1 Å². The fraction of sp³-hybridized carbons (Fsp3) is 0.523. The number of amides is 4. The second kappa shape index (κ2) is 18.9. The quantitative estimate of drug-likeness (QED) is 0.0998. The molecule has 1 aromatic rings. The number of hydrogen-bond acceptors (Lipinski definition) is 8. The van der Waals surface area contributed by atoms with E-state index in [1.807, 2.05) is 42.5 Å². The molecule has 0 bridgehead atoms. The van der Waals surface area contributed by atoms with Crippen molar-refractivity contribution < 1.29 is 39.2 Å². The molecule has 8 atom stereocenters. The molecule has 4 N–H and O–H groups in total. The minimum Gasteiger partial charge on any atom is -0.463 e. The molecule has 11 nitrogen and oxygen atoms in total. The molecule has 2 aliphatic heterocycles. The van der Waals surface area contributed by atoms with Gasteiger partial charge in [0.2, 0.25) is 23.6 Å². The number of methoxy groups -OCH3 is 1. The Morgan fingerprint density at radius 2 is 1.27 bits per heavy atom. The van der Waals surface area contributed by atoms with Crippen LogP contribution in [0.3, 0.4) is 0 Å². The van der Waals surface area contributed by atoms with Crippen molar-refractivity contribution >= 4 is 35.7 Å². The van der Waals surface area contributed by atoms with Gasteiger partial charge in [-0.2, -0.15) is 0 Å².